The number of carbonyl (C=O) groups excluding carboxylic acids is 2. The highest BCUT2D eigenvalue weighted by atomic mass is 19.3. The maximum absolute atomic E-state index is 14.0. The number of nitrogens with zero attached hydrogens (tertiary/aromatic N) is 2. The van der Waals surface area contributed by atoms with Crippen molar-refractivity contribution in [3.8, 4) is 0 Å². The van der Waals surface area contributed by atoms with E-state index in [-0.39, 0.29) is 19.6 Å². The van der Waals surface area contributed by atoms with Crippen molar-refractivity contribution in [3.05, 3.63) is 35.9 Å². The fourth-order valence-corrected chi connectivity index (χ4v) is 2.45. The van der Waals surface area contributed by atoms with Gasteiger partial charge in [-0.2, -0.15) is 0 Å². The molecular formula is C18H24F2N2O4. The fourth-order valence-electron chi connectivity index (χ4n) is 2.45. The zero-order chi connectivity index (χ0) is 19.4. The number of amides is 2. The smallest absolute Gasteiger partial charge is 0.429 e. The van der Waals surface area contributed by atoms with E-state index in [2.05, 4.69) is 0 Å². The third-order valence-corrected chi connectivity index (χ3v) is 3.61. The molecule has 0 atom stereocenters. The molecule has 0 unspecified atom stereocenters. The summed E-state index contributed by atoms with van der Waals surface area (Å²) in [6, 6.07) is 8.85. The van der Waals surface area contributed by atoms with Crippen molar-refractivity contribution in [2.75, 3.05) is 13.1 Å². The van der Waals surface area contributed by atoms with Crippen LogP contribution in [0, 0.1) is 0 Å². The summed E-state index contributed by atoms with van der Waals surface area (Å²) in [6.45, 7) is 3.93. The summed E-state index contributed by atoms with van der Waals surface area (Å²) in [7, 11) is 0. The number of hydrazine groups is 1. The third-order valence-electron chi connectivity index (χ3n) is 3.61. The number of carbonyl (C=O) groups is 2. The summed E-state index contributed by atoms with van der Waals surface area (Å²) < 4.78 is 38.3. The predicted octanol–water partition coefficient (Wildman–Crippen LogP) is 4.21. The van der Waals surface area contributed by atoms with E-state index in [0.29, 0.717) is 10.6 Å². The van der Waals surface area contributed by atoms with Gasteiger partial charge in [0.1, 0.15) is 18.8 Å². The van der Waals surface area contributed by atoms with Crippen LogP contribution in [-0.2, 0) is 16.1 Å². The van der Waals surface area contributed by atoms with Gasteiger partial charge in [0, 0.05) is 13.0 Å². The fraction of sp³-hybridized carbons (Fsp3) is 0.556. The van der Waals surface area contributed by atoms with E-state index in [1.54, 1.807) is 45.0 Å². The summed E-state index contributed by atoms with van der Waals surface area (Å²) >= 11 is 0. The van der Waals surface area contributed by atoms with Crippen LogP contribution >= 0.6 is 0 Å². The quantitative estimate of drug-likeness (QED) is 0.783. The van der Waals surface area contributed by atoms with Crippen LogP contribution in [0.2, 0.25) is 0 Å². The maximum Gasteiger partial charge on any atom is 0.429 e. The van der Waals surface area contributed by atoms with Crippen LogP contribution in [0.3, 0.4) is 0 Å². The number of ether oxygens (including phenoxy) is 2. The van der Waals surface area contributed by atoms with E-state index in [0.717, 1.165) is 5.01 Å². The first kappa shape index (κ1) is 19.9. The lowest BCUT2D eigenvalue weighted by molar-refractivity contribution is -0.0833. The molecule has 2 amide bonds. The Hall–Kier alpha value is -2.38. The molecule has 2 rings (SSSR count). The Morgan fingerprint density at radius 2 is 1.77 bits per heavy atom. The standard InChI is InChI=1S/C18H24F2N2O4/c1-17(2,3)26-16(24)21-11-7-10-18(19,20)13-22(21)15(23)25-12-14-8-5-4-6-9-14/h4-6,8-9H,7,10-13H2,1-3H3. The summed E-state index contributed by atoms with van der Waals surface area (Å²) in [4.78, 5) is 24.8. The van der Waals surface area contributed by atoms with Crippen LogP contribution in [0.15, 0.2) is 30.3 Å². The number of alkyl halides is 2. The number of hydrogen-bond donors (Lipinski definition) is 0. The molecule has 8 heteroatoms. The Kier molecular flexibility index (Phi) is 6.05. The molecule has 1 aliphatic rings. The molecule has 1 aromatic carbocycles. The van der Waals surface area contributed by atoms with Gasteiger partial charge in [0.05, 0.1) is 0 Å². The lowest BCUT2D eigenvalue weighted by Crippen LogP contribution is -2.53. The molecule has 1 heterocycles. The van der Waals surface area contributed by atoms with Crippen LogP contribution in [-0.4, -0.2) is 46.8 Å². The van der Waals surface area contributed by atoms with Gasteiger partial charge in [-0.25, -0.2) is 28.4 Å². The average molecular weight is 370 g/mol. The molecule has 0 aliphatic carbocycles. The minimum absolute atomic E-state index is 0.0503. The predicted molar refractivity (Wildman–Crippen MR) is 90.5 cm³/mol. The second kappa shape index (κ2) is 7.88. The molecule has 1 saturated heterocycles. The van der Waals surface area contributed by atoms with Gasteiger partial charge < -0.3 is 9.47 Å². The van der Waals surface area contributed by atoms with Gasteiger partial charge in [-0.05, 0) is 32.8 Å². The topological polar surface area (TPSA) is 59.1 Å². The van der Waals surface area contributed by atoms with Gasteiger partial charge >= 0.3 is 12.2 Å². The molecule has 0 saturated carbocycles. The van der Waals surface area contributed by atoms with E-state index in [1.165, 1.54) is 0 Å². The summed E-state index contributed by atoms with van der Waals surface area (Å²) in [5, 5.41) is 1.55. The van der Waals surface area contributed by atoms with Gasteiger partial charge in [-0.15, -0.1) is 0 Å². The Morgan fingerprint density at radius 1 is 1.12 bits per heavy atom. The van der Waals surface area contributed by atoms with Crippen LogP contribution in [0.4, 0.5) is 18.4 Å². The molecule has 1 aromatic rings. The van der Waals surface area contributed by atoms with Crippen LogP contribution < -0.4 is 0 Å². The lowest BCUT2D eigenvalue weighted by Gasteiger charge is -2.34. The maximum atomic E-state index is 14.0. The van der Waals surface area contributed by atoms with Crippen molar-refractivity contribution in [2.45, 2.75) is 51.7 Å². The van der Waals surface area contributed by atoms with Crippen molar-refractivity contribution in [1.82, 2.24) is 10.0 Å². The molecule has 0 N–H and O–H groups in total. The monoisotopic (exact) mass is 370 g/mol. The SMILES string of the molecule is CC(C)(C)OC(=O)N1CCCC(F)(F)CN1C(=O)OCc1ccccc1. The van der Waals surface area contributed by atoms with Gasteiger partial charge in [0.25, 0.3) is 5.92 Å². The second-order valence-corrected chi connectivity index (χ2v) is 7.16. The molecule has 6 nitrogen and oxygen atoms in total. The van der Waals surface area contributed by atoms with Crippen molar-refractivity contribution < 1.29 is 27.8 Å². The van der Waals surface area contributed by atoms with E-state index >= 15 is 0 Å². The molecular weight excluding hydrogens is 346 g/mol. The van der Waals surface area contributed by atoms with E-state index < -0.39 is 36.7 Å². The van der Waals surface area contributed by atoms with Crippen molar-refractivity contribution in [2.24, 2.45) is 0 Å². The van der Waals surface area contributed by atoms with E-state index in [9.17, 15) is 18.4 Å². The highest BCUT2D eigenvalue weighted by Crippen LogP contribution is 2.28. The third kappa shape index (κ3) is 5.86. The van der Waals surface area contributed by atoms with Gasteiger partial charge in [0.15, 0.2) is 0 Å². The number of benzene rings is 1. The molecule has 144 valence electrons. The highest BCUT2D eigenvalue weighted by Gasteiger charge is 2.42. The molecule has 26 heavy (non-hydrogen) atoms. The number of hydrogen-bond acceptors (Lipinski definition) is 4. The average Bonchev–Trinajstić information content (AvgIpc) is 2.70. The largest absolute Gasteiger partial charge is 0.443 e. The Labute approximate surface area is 151 Å². The van der Waals surface area contributed by atoms with Crippen LogP contribution in [0.25, 0.3) is 0 Å². The highest BCUT2D eigenvalue weighted by molar-refractivity contribution is 5.74. The Balaban J connectivity index is 2.13. The van der Waals surface area contributed by atoms with E-state index in [1.807, 2.05) is 6.07 Å². The summed E-state index contributed by atoms with van der Waals surface area (Å²) in [6.07, 6.45) is -2.24. The van der Waals surface area contributed by atoms with Crippen molar-refractivity contribution >= 4 is 12.2 Å². The Morgan fingerprint density at radius 3 is 2.38 bits per heavy atom. The molecule has 0 bridgehead atoms. The van der Waals surface area contributed by atoms with E-state index in [4.69, 9.17) is 9.47 Å². The van der Waals surface area contributed by atoms with Gasteiger partial charge in [-0.3, -0.25) is 0 Å². The normalized spacial score (nSPS) is 17.4. The zero-order valence-electron chi connectivity index (χ0n) is 15.2. The Bertz CT molecular complexity index is 632. The minimum atomic E-state index is -3.11. The summed E-state index contributed by atoms with van der Waals surface area (Å²) in [5.41, 5.74) is -0.0998. The molecule has 1 fully saturated rings. The van der Waals surface area contributed by atoms with Crippen LogP contribution in [0.5, 0.6) is 0 Å². The number of rotatable bonds is 2. The van der Waals surface area contributed by atoms with Gasteiger partial charge in [0.2, 0.25) is 0 Å². The molecule has 1 aliphatic heterocycles. The first-order valence-corrected chi connectivity index (χ1v) is 8.44. The summed E-state index contributed by atoms with van der Waals surface area (Å²) in [5.74, 6) is -3.11. The molecule has 0 radical (unpaired) electrons. The second-order valence-electron chi connectivity index (χ2n) is 7.16. The van der Waals surface area contributed by atoms with Crippen molar-refractivity contribution in [1.29, 1.82) is 0 Å². The minimum Gasteiger partial charge on any atom is -0.443 e. The van der Waals surface area contributed by atoms with Gasteiger partial charge in [-0.1, -0.05) is 30.3 Å². The first-order valence-electron chi connectivity index (χ1n) is 8.44. The van der Waals surface area contributed by atoms with Crippen LogP contribution in [0.1, 0.15) is 39.2 Å². The zero-order valence-corrected chi connectivity index (χ0v) is 15.2. The number of halogens is 2. The molecule has 0 aromatic heterocycles. The molecule has 0 spiro atoms. The van der Waals surface area contributed by atoms with Crippen molar-refractivity contribution in [3.63, 3.8) is 0 Å². The first-order chi connectivity index (χ1) is 12.1. The lowest BCUT2D eigenvalue weighted by atomic mass is 10.2.